The van der Waals surface area contributed by atoms with E-state index in [4.69, 9.17) is 11.6 Å². The number of alkyl halides is 1. The fraction of sp³-hybridized carbons (Fsp3) is 0.538. The Hall–Kier alpha value is -1.09. The molecule has 1 aromatic rings. The zero-order valence-corrected chi connectivity index (χ0v) is 10.7. The van der Waals surface area contributed by atoms with Crippen molar-refractivity contribution in [1.82, 2.24) is 10.3 Å². The molecule has 1 N–H and O–H groups in total. The van der Waals surface area contributed by atoms with E-state index in [2.05, 4.69) is 10.3 Å². The Morgan fingerprint density at radius 2 is 2.35 bits per heavy atom. The van der Waals surface area contributed by atoms with Crippen LogP contribution in [0.5, 0.6) is 0 Å². The molecule has 0 spiro atoms. The van der Waals surface area contributed by atoms with Gasteiger partial charge in [0, 0.05) is 17.6 Å². The third-order valence-corrected chi connectivity index (χ3v) is 3.69. The molecule has 1 fully saturated rings. The van der Waals surface area contributed by atoms with Crippen LogP contribution in [0.25, 0.3) is 0 Å². The SMILES string of the molecule is Cc1cccc(C(=O)NC2CCCC2CCl)n1. The second-order valence-electron chi connectivity index (χ2n) is 4.59. The highest BCUT2D eigenvalue weighted by Gasteiger charge is 2.28. The van der Waals surface area contributed by atoms with Gasteiger partial charge in [-0.15, -0.1) is 11.6 Å². The lowest BCUT2D eigenvalue weighted by molar-refractivity contribution is 0.0925. The van der Waals surface area contributed by atoms with Crippen LogP contribution in [0.15, 0.2) is 18.2 Å². The van der Waals surface area contributed by atoms with Crippen LogP contribution in [0.3, 0.4) is 0 Å². The highest BCUT2D eigenvalue weighted by molar-refractivity contribution is 6.18. The van der Waals surface area contributed by atoms with Gasteiger partial charge in [0.05, 0.1) is 0 Å². The first-order chi connectivity index (χ1) is 8.20. The molecule has 1 aliphatic carbocycles. The van der Waals surface area contributed by atoms with E-state index in [1.165, 1.54) is 0 Å². The van der Waals surface area contributed by atoms with Crippen LogP contribution in [-0.2, 0) is 0 Å². The van der Waals surface area contributed by atoms with Gasteiger partial charge in [-0.05, 0) is 37.8 Å². The van der Waals surface area contributed by atoms with Gasteiger partial charge in [-0.1, -0.05) is 12.5 Å². The van der Waals surface area contributed by atoms with E-state index in [1.807, 2.05) is 19.1 Å². The fourth-order valence-corrected chi connectivity index (χ4v) is 2.69. The number of carbonyl (C=O) groups is 1. The molecule has 0 bridgehead atoms. The van der Waals surface area contributed by atoms with Crippen molar-refractivity contribution in [2.45, 2.75) is 32.2 Å². The summed E-state index contributed by atoms with van der Waals surface area (Å²) in [6.45, 7) is 1.88. The molecule has 1 aliphatic rings. The number of amides is 1. The molecule has 3 nitrogen and oxygen atoms in total. The highest BCUT2D eigenvalue weighted by Crippen LogP contribution is 2.26. The molecule has 1 saturated carbocycles. The number of hydrogen-bond donors (Lipinski definition) is 1. The Balaban J connectivity index is 2.01. The first-order valence-electron chi connectivity index (χ1n) is 6.01. The minimum absolute atomic E-state index is 0.0873. The molecule has 2 atom stereocenters. The second-order valence-corrected chi connectivity index (χ2v) is 4.90. The minimum atomic E-state index is -0.0873. The predicted octanol–water partition coefficient (Wildman–Crippen LogP) is 2.53. The first-order valence-corrected chi connectivity index (χ1v) is 6.54. The van der Waals surface area contributed by atoms with Crippen molar-refractivity contribution in [2.24, 2.45) is 5.92 Å². The van der Waals surface area contributed by atoms with Gasteiger partial charge < -0.3 is 5.32 Å². The Labute approximate surface area is 107 Å². The molecule has 17 heavy (non-hydrogen) atoms. The Morgan fingerprint density at radius 1 is 1.53 bits per heavy atom. The van der Waals surface area contributed by atoms with Gasteiger partial charge in [-0.3, -0.25) is 4.79 Å². The maximum Gasteiger partial charge on any atom is 0.270 e. The van der Waals surface area contributed by atoms with Crippen LogP contribution in [0.1, 0.15) is 35.4 Å². The summed E-state index contributed by atoms with van der Waals surface area (Å²) in [7, 11) is 0. The number of nitrogens with one attached hydrogen (secondary N) is 1. The van der Waals surface area contributed by atoms with Gasteiger partial charge in [0.15, 0.2) is 0 Å². The number of rotatable bonds is 3. The average molecular weight is 253 g/mol. The molecule has 0 saturated heterocycles. The third-order valence-electron chi connectivity index (χ3n) is 3.29. The smallest absolute Gasteiger partial charge is 0.270 e. The molecular formula is C13H17ClN2O. The summed E-state index contributed by atoms with van der Waals surface area (Å²) in [5, 5.41) is 3.04. The molecule has 2 unspecified atom stereocenters. The Bertz CT molecular complexity index is 408. The quantitative estimate of drug-likeness (QED) is 0.840. The predicted molar refractivity (Wildman–Crippen MR) is 68.3 cm³/mol. The van der Waals surface area contributed by atoms with Crippen LogP contribution in [-0.4, -0.2) is 22.8 Å². The normalized spacial score (nSPS) is 23.6. The summed E-state index contributed by atoms with van der Waals surface area (Å²) in [4.78, 5) is 16.2. The number of hydrogen-bond acceptors (Lipinski definition) is 2. The first kappa shape index (κ1) is 12.4. The molecule has 4 heteroatoms. The van der Waals surface area contributed by atoms with E-state index < -0.39 is 0 Å². The van der Waals surface area contributed by atoms with Crippen molar-refractivity contribution >= 4 is 17.5 Å². The molecule has 0 radical (unpaired) electrons. The van der Waals surface area contributed by atoms with Crippen molar-refractivity contribution in [3.63, 3.8) is 0 Å². The lowest BCUT2D eigenvalue weighted by Gasteiger charge is -2.18. The van der Waals surface area contributed by atoms with Crippen molar-refractivity contribution in [3.8, 4) is 0 Å². The van der Waals surface area contributed by atoms with Crippen LogP contribution >= 0.6 is 11.6 Å². The summed E-state index contributed by atoms with van der Waals surface area (Å²) in [5.41, 5.74) is 1.35. The molecule has 1 amide bonds. The van der Waals surface area contributed by atoms with Crippen LogP contribution in [0.4, 0.5) is 0 Å². The van der Waals surface area contributed by atoms with Crippen LogP contribution < -0.4 is 5.32 Å². The van der Waals surface area contributed by atoms with E-state index in [9.17, 15) is 4.79 Å². The average Bonchev–Trinajstić information content (AvgIpc) is 2.76. The molecule has 1 heterocycles. The number of pyridine rings is 1. The van der Waals surface area contributed by atoms with Crippen molar-refractivity contribution in [2.75, 3.05) is 5.88 Å². The van der Waals surface area contributed by atoms with Crippen LogP contribution in [0.2, 0.25) is 0 Å². The summed E-state index contributed by atoms with van der Waals surface area (Å²) >= 11 is 5.89. The largest absolute Gasteiger partial charge is 0.348 e. The number of aromatic nitrogens is 1. The Morgan fingerprint density at radius 3 is 3.06 bits per heavy atom. The van der Waals surface area contributed by atoms with E-state index in [-0.39, 0.29) is 11.9 Å². The van der Waals surface area contributed by atoms with Crippen molar-refractivity contribution < 1.29 is 4.79 Å². The summed E-state index contributed by atoms with van der Waals surface area (Å²) in [6, 6.07) is 5.69. The van der Waals surface area contributed by atoms with Crippen molar-refractivity contribution in [3.05, 3.63) is 29.6 Å². The van der Waals surface area contributed by atoms with Gasteiger partial charge >= 0.3 is 0 Å². The second kappa shape index (κ2) is 5.50. The van der Waals surface area contributed by atoms with E-state index in [1.54, 1.807) is 6.07 Å². The zero-order chi connectivity index (χ0) is 12.3. The maximum atomic E-state index is 12.0. The zero-order valence-electron chi connectivity index (χ0n) is 9.95. The topological polar surface area (TPSA) is 42.0 Å². The van der Waals surface area contributed by atoms with E-state index in [0.717, 1.165) is 25.0 Å². The van der Waals surface area contributed by atoms with Gasteiger partial charge in [0.25, 0.3) is 5.91 Å². The monoisotopic (exact) mass is 252 g/mol. The number of aryl methyl sites for hydroxylation is 1. The summed E-state index contributed by atoms with van der Waals surface area (Å²) < 4.78 is 0. The number of halogens is 1. The van der Waals surface area contributed by atoms with Crippen molar-refractivity contribution in [1.29, 1.82) is 0 Å². The van der Waals surface area contributed by atoms with Gasteiger partial charge in [-0.25, -0.2) is 4.98 Å². The molecule has 1 aromatic heterocycles. The van der Waals surface area contributed by atoms with Gasteiger partial charge in [-0.2, -0.15) is 0 Å². The molecule has 0 aromatic carbocycles. The summed E-state index contributed by atoms with van der Waals surface area (Å²) in [6.07, 6.45) is 3.27. The summed E-state index contributed by atoms with van der Waals surface area (Å²) in [5.74, 6) is 0.938. The Kier molecular flexibility index (Phi) is 4.00. The lowest BCUT2D eigenvalue weighted by atomic mass is 10.1. The van der Waals surface area contributed by atoms with Crippen LogP contribution in [0, 0.1) is 12.8 Å². The van der Waals surface area contributed by atoms with Gasteiger partial charge in [0.1, 0.15) is 5.69 Å². The van der Waals surface area contributed by atoms with E-state index >= 15 is 0 Å². The maximum absolute atomic E-state index is 12.0. The standard InChI is InChI=1S/C13H17ClN2O/c1-9-4-2-7-12(15-9)13(17)16-11-6-3-5-10(11)8-14/h2,4,7,10-11H,3,5-6,8H2,1H3,(H,16,17). The molecular weight excluding hydrogens is 236 g/mol. The molecule has 2 rings (SSSR count). The third kappa shape index (κ3) is 2.97. The van der Waals surface area contributed by atoms with Gasteiger partial charge in [0.2, 0.25) is 0 Å². The lowest BCUT2D eigenvalue weighted by Crippen LogP contribution is -2.38. The minimum Gasteiger partial charge on any atom is -0.348 e. The fourth-order valence-electron chi connectivity index (χ4n) is 2.32. The molecule has 0 aliphatic heterocycles. The number of carbonyl (C=O) groups excluding carboxylic acids is 1. The highest BCUT2D eigenvalue weighted by atomic mass is 35.5. The molecule has 92 valence electrons. The van der Waals surface area contributed by atoms with E-state index in [0.29, 0.717) is 17.5 Å². The number of nitrogens with zero attached hydrogens (tertiary/aromatic N) is 1.